The number of fused-ring (bicyclic) bond motifs is 1. The molecule has 0 atom stereocenters. The van der Waals surface area contributed by atoms with Crippen molar-refractivity contribution in [2.45, 2.75) is 0 Å². The van der Waals surface area contributed by atoms with Crippen molar-refractivity contribution in [3.63, 3.8) is 0 Å². The van der Waals surface area contributed by atoms with Crippen LogP contribution in [0.1, 0.15) is 0 Å². The molecule has 0 amide bonds. The molecule has 0 radical (unpaired) electrons. The Kier molecular flexibility index (Phi) is 2.71. The molecule has 3 aromatic rings. The number of nitrogens with zero attached hydrogens (tertiary/aromatic N) is 1. The molecule has 0 aliphatic heterocycles. The van der Waals surface area contributed by atoms with Gasteiger partial charge in [0.2, 0.25) is 0 Å². The number of hydrogen-bond donors (Lipinski definition) is 1. The second kappa shape index (κ2) is 4.30. The van der Waals surface area contributed by atoms with Gasteiger partial charge in [0.15, 0.2) is 17.4 Å². The van der Waals surface area contributed by atoms with Crippen LogP contribution in [0, 0.1) is 17.5 Å². The molecule has 1 aromatic heterocycles. The molecule has 0 spiro atoms. The van der Waals surface area contributed by atoms with E-state index in [1.807, 2.05) is 0 Å². The third-order valence-corrected chi connectivity index (χ3v) is 3.27. The largest absolute Gasteiger partial charge is 0.505 e. The number of hydrogen-bond acceptors (Lipinski definition) is 1. The van der Waals surface area contributed by atoms with E-state index < -0.39 is 23.2 Å². The maximum Gasteiger partial charge on any atom is 0.200 e. The van der Waals surface area contributed by atoms with E-state index in [0.29, 0.717) is 10.9 Å². The van der Waals surface area contributed by atoms with Crippen molar-refractivity contribution in [1.82, 2.24) is 4.57 Å². The summed E-state index contributed by atoms with van der Waals surface area (Å²) in [6, 6.07) is 6.36. The summed E-state index contributed by atoms with van der Waals surface area (Å²) in [5.74, 6) is -3.63. The van der Waals surface area contributed by atoms with E-state index in [1.54, 1.807) is 23.9 Å². The van der Waals surface area contributed by atoms with Gasteiger partial charge < -0.3 is 9.67 Å². The molecule has 2 nitrogen and oxygen atoms in total. The minimum Gasteiger partial charge on any atom is -0.505 e. The molecule has 3 rings (SSSR count). The summed E-state index contributed by atoms with van der Waals surface area (Å²) in [5.41, 5.74) is 1.57. The second-order valence-corrected chi connectivity index (χ2v) is 4.61. The van der Waals surface area contributed by atoms with Crippen molar-refractivity contribution in [2.75, 3.05) is 0 Å². The van der Waals surface area contributed by atoms with Crippen LogP contribution in [0.4, 0.5) is 13.2 Å². The van der Waals surface area contributed by atoms with E-state index in [4.69, 9.17) is 0 Å². The first-order valence-electron chi connectivity index (χ1n) is 5.90. The number of aryl methyl sites for hydroxylation is 1. The van der Waals surface area contributed by atoms with E-state index in [0.717, 1.165) is 17.6 Å². The zero-order valence-corrected chi connectivity index (χ0v) is 10.5. The Bertz CT molecular complexity index is 800. The summed E-state index contributed by atoms with van der Waals surface area (Å²) >= 11 is 0. The van der Waals surface area contributed by atoms with Crippen LogP contribution >= 0.6 is 0 Å². The van der Waals surface area contributed by atoms with Crippen molar-refractivity contribution in [3.8, 4) is 16.9 Å². The Morgan fingerprint density at radius 3 is 2.50 bits per heavy atom. The summed E-state index contributed by atoms with van der Waals surface area (Å²) in [5, 5.41) is 9.95. The van der Waals surface area contributed by atoms with Crippen LogP contribution < -0.4 is 0 Å². The summed E-state index contributed by atoms with van der Waals surface area (Å²) in [4.78, 5) is 0. The van der Waals surface area contributed by atoms with Crippen LogP contribution in [0.3, 0.4) is 0 Å². The minimum absolute atomic E-state index is 0.289. The number of phenols is 1. The van der Waals surface area contributed by atoms with Crippen LogP contribution in [0.25, 0.3) is 22.0 Å². The molecule has 0 aliphatic rings. The van der Waals surface area contributed by atoms with Gasteiger partial charge in [0.1, 0.15) is 5.82 Å². The average Bonchev–Trinajstić information content (AvgIpc) is 2.72. The predicted molar refractivity (Wildman–Crippen MR) is 69.9 cm³/mol. The van der Waals surface area contributed by atoms with Crippen LogP contribution in [-0.2, 0) is 7.05 Å². The molecule has 2 aromatic carbocycles. The smallest absolute Gasteiger partial charge is 0.200 e. The molecule has 0 bridgehead atoms. The summed E-state index contributed by atoms with van der Waals surface area (Å²) < 4.78 is 41.6. The van der Waals surface area contributed by atoms with Gasteiger partial charge in [0.05, 0.1) is 0 Å². The SMILES string of the molecule is Cn1cc(-c2cc(O)c(F)c(F)c2)c2cc(F)ccc21. The van der Waals surface area contributed by atoms with E-state index in [-0.39, 0.29) is 5.56 Å². The van der Waals surface area contributed by atoms with E-state index in [9.17, 15) is 18.3 Å². The fraction of sp³-hybridized carbons (Fsp3) is 0.0667. The highest BCUT2D eigenvalue weighted by molar-refractivity contribution is 5.96. The van der Waals surface area contributed by atoms with Gasteiger partial charge in [-0.05, 0) is 35.9 Å². The molecule has 1 N–H and O–H groups in total. The first-order chi connectivity index (χ1) is 9.47. The molecule has 0 unspecified atom stereocenters. The van der Waals surface area contributed by atoms with E-state index >= 15 is 0 Å². The van der Waals surface area contributed by atoms with Crippen molar-refractivity contribution < 1.29 is 18.3 Å². The number of rotatable bonds is 1. The van der Waals surface area contributed by atoms with Gasteiger partial charge in [-0.3, -0.25) is 0 Å². The van der Waals surface area contributed by atoms with E-state index in [1.165, 1.54) is 12.1 Å². The quantitative estimate of drug-likeness (QED) is 0.715. The van der Waals surface area contributed by atoms with Gasteiger partial charge in [-0.2, -0.15) is 4.39 Å². The number of halogens is 3. The third kappa shape index (κ3) is 1.82. The lowest BCUT2D eigenvalue weighted by atomic mass is 10.0. The van der Waals surface area contributed by atoms with Gasteiger partial charge in [-0.25, -0.2) is 8.78 Å². The number of phenolic OH excluding ortho intramolecular Hbond substituents is 1. The van der Waals surface area contributed by atoms with Crippen molar-refractivity contribution in [2.24, 2.45) is 7.05 Å². The normalized spacial score (nSPS) is 11.2. The molecule has 0 fully saturated rings. The first-order valence-corrected chi connectivity index (χ1v) is 5.90. The monoisotopic (exact) mass is 277 g/mol. The fourth-order valence-corrected chi connectivity index (χ4v) is 2.32. The summed E-state index contributed by atoms with van der Waals surface area (Å²) in [6.07, 6.45) is 1.68. The Hall–Kier alpha value is -2.43. The molecule has 0 aliphatic carbocycles. The molecule has 102 valence electrons. The Labute approximate surface area is 112 Å². The number of aromatic hydroxyl groups is 1. The van der Waals surface area contributed by atoms with Crippen molar-refractivity contribution in [3.05, 3.63) is 54.0 Å². The van der Waals surface area contributed by atoms with Crippen molar-refractivity contribution in [1.29, 1.82) is 0 Å². The third-order valence-electron chi connectivity index (χ3n) is 3.27. The lowest BCUT2D eigenvalue weighted by Gasteiger charge is -2.03. The predicted octanol–water partition coefficient (Wildman–Crippen LogP) is 3.97. The Morgan fingerprint density at radius 2 is 1.80 bits per heavy atom. The van der Waals surface area contributed by atoms with Crippen LogP contribution in [-0.4, -0.2) is 9.67 Å². The maximum atomic E-state index is 13.4. The molecular formula is C15H10F3NO. The van der Waals surface area contributed by atoms with Crippen LogP contribution in [0.5, 0.6) is 5.75 Å². The number of benzene rings is 2. The van der Waals surface area contributed by atoms with Gasteiger partial charge >= 0.3 is 0 Å². The highest BCUT2D eigenvalue weighted by Crippen LogP contribution is 2.34. The fourth-order valence-electron chi connectivity index (χ4n) is 2.32. The first kappa shape index (κ1) is 12.6. The summed E-state index contributed by atoms with van der Waals surface area (Å²) in [6.45, 7) is 0. The highest BCUT2D eigenvalue weighted by Gasteiger charge is 2.15. The molecule has 0 saturated carbocycles. The average molecular weight is 277 g/mol. The topological polar surface area (TPSA) is 25.2 Å². The van der Waals surface area contributed by atoms with Crippen LogP contribution in [0.15, 0.2) is 36.5 Å². The van der Waals surface area contributed by atoms with Gasteiger partial charge in [-0.1, -0.05) is 0 Å². The van der Waals surface area contributed by atoms with Gasteiger partial charge in [0.25, 0.3) is 0 Å². The minimum atomic E-state index is -1.29. The molecule has 0 saturated heterocycles. The highest BCUT2D eigenvalue weighted by atomic mass is 19.2. The Balaban J connectivity index is 2.32. The van der Waals surface area contributed by atoms with Crippen LogP contribution in [0.2, 0.25) is 0 Å². The molecule has 5 heteroatoms. The zero-order chi connectivity index (χ0) is 14.4. The lowest BCUT2D eigenvalue weighted by Crippen LogP contribution is -1.87. The zero-order valence-electron chi connectivity index (χ0n) is 10.5. The summed E-state index contributed by atoms with van der Waals surface area (Å²) in [7, 11) is 1.77. The Morgan fingerprint density at radius 1 is 1.05 bits per heavy atom. The molecule has 20 heavy (non-hydrogen) atoms. The standard InChI is InChI=1S/C15H10F3NO/c1-19-7-11(10-6-9(16)2-3-13(10)19)8-4-12(17)15(18)14(20)5-8/h2-7,20H,1H3. The lowest BCUT2D eigenvalue weighted by molar-refractivity contribution is 0.407. The molecular weight excluding hydrogens is 267 g/mol. The molecule has 1 heterocycles. The maximum absolute atomic E-state index is 13.4. The van der Waals surface area contributed by atoms with Gasteiger partial charge in [-0.15, -0.1) is 0 Å². The second-order valence-electron chi connectivity index (χ2n) is 4.61. The van der Waals surface area contributed by atoms with Gasteiger partial charge in [0, 0.05) is 29.7 Å². The van der Waals surface area contributed by atoms with E-state index in [2.05, 4.69) is 0 Å². The number of aromatic nitrogens is 1. The van der Waals surface area contributed by atoms with Crippen molar-refractivity contribution >= 4 is 10.9 Å².